The van der Waals surface area contributed by atoms with Crippen molar-refractivity contribution in [3.05, 3.63) is 119 Å². The fourth-order valence-electron chi connectivity index (χ4n) is 3.55. The molecule has 0 atom stereocenters. The molecule has 0 heterocycles. The summed E-state index contributed by atoms with van der Waals surface area (Å²) in [6.45, 7) is 0. The van der Waals surface area contributed by atoms with Crippen LogP contribution in [0.25, 0.3) is 0 Å². The molecule has 4 nitrogen and oxygen atoms in total. The lowest BCUT2D eigenvalue weighted by Gasteiger charge is -2.09. The van der Waals surface area contributed by atoms with Gasteiger partial charge >= 0.3 is 0 Å². The molecule has 0 saturated heterocycles. The first kappa shape index (κ1) is 20.3. The molecule has 0 bridgehead atoms. The number of fused-ring (bicyclic) bond motifs is 1. The fourth-order valence-corrected chi connectivity index (χ4v) is 3.55. The number of Topliss-reactive ketones (excluding diaryl/α,β-unsaturated/α-hetero) is 2. The normalized spacial score (nSPS) is 12.0. The highest BCUT2D eigenvalue weighted by Crippen LogP contribution is 2.30. The molecule has 0 N–H and O–H groups in total. The molecular formula is C29H18O4. The zero-order valence-corrected chi connectivity index (χ0v) is 17.6. The predicted molar refractivity (Wildman–Crippen MR) is 125 cm³/mol. The third-order valence-corrected chi connectivity index (χ3v) is 5.17. The Morgan fingerprint density at radius 3 is 1.82 bits per heavy atom. The van der Waals surface area contributed by atoms with E-state index in [4.69, 9.17) is 9.47 Å². The lowest BCUT2D eigenvalue weighted by Crippen LogP contribution is -1.92. The van der Waals surface area contributed by atoms with Crippen LogP contribution in [-0.4, -0.2) is 11.6 Å². The van der Waals surface area contributed by atoms with Gasteiger partial charge in [0.1, 0.15) is 23.0 Å². The Balaban J connectivity index is 1.26. The first-order valence-electron chi connectivity index (χ1n) is 10.5. The van der Waals surface area contributed by atoms with Gasteiger partial charge < -0.3 is 9.47 Å². The standard InChI is InChI=1S/C29H18O4/c30-28-19-29(31)27-18-25(15-16-26(27)28)33-23-13-11-22(12-14-23)32-24-8-4-7-21(17-24)10-9-20-5-2-1-3-6-20/h1-8,11-18H,19H2. The zero-order valence-electron chi connectivity index (χ0n) is 17.6. The molecule has 0 fully saturated rings. The summed E-state index contributed by atoms with van der Waals surface area (Å²) < 4.78 is 11.8. The van der Waals surface area contributed by atoms with Gasteiger partial charge in [-0.3, -0.25) is 9.59 Å². The SMILES string of the molecule is O=C1CC(=O)c2cc(Oc3ccc(Oc4cccc(C#Cc5ccccc5)c4)cc3)ccc21. The quantitative estimate of drug-likeness (QED) is 0.276. The van der Waals surface area contributed by atoms with Crippen LogP contribution in [0.3, 0.4) is 0 Å². The maximum Gasteiger partial charge on any atom is 0.171 e. The molecule has 158 valence electrons. The second-order valence-electron chi connectivity index (χ2n) is 7.55. The highest BCUT2D eigenvalue weighted by molar-refractivity contribution is 6.24. The zero-order chi connectivity index (χ0) is 22.6. The van der Waals surface area contributed by atoms with Gasteiger partial charge in [-0.2, -0.15) is 0 Å². The molecule has 1 aliphatic rings. The number of rotatable bonds is 4. The lowest BCUT2D eigenvalue weighted by molar-refractivity contribution is 0.0923. The number of benzene rings is 4. The molecule has 0 amide bonds. The number of ketones is 2. The minimum Gasteiger partial charge on any atom is -0.457 e. The van der Waals surface area contributed by atoms with E-state index in [1.807, 2.05) is 54.6 Å². The van der Waals surface area contributed by atoms with E-state index in [0.29, 0.717) is 34.1 Å². The van der Waals surface area contributed by atoms with Crippen molar-refractivity contribution in [3.63, 3.8) is 0 Å². The number of hydrogen-bond acceptors (Lipinski definition) is 4. The molecule has 4 aromatic carbocycles. The van der Waals surface area contributed by atoms with Crippen molar-refractivity contribution in [2.75, 3.05) is 0 Å². The molecule has 0 spiro atoms. The van der Waals surface area contributed by atoms with Crippen molar-refractivity contribution in [1.82, 2.24) is 0 Å². The second-order valence-corrected chi connectivity index (χ2v) is 7.55. The van der Waals surface area contributed by atoms with Gasteiger partial charge in [0.15, 0.2) is 11.6 Å². The minimum atomic E-state index is -0.167. The average Bonchev–Trinajstić information content (AvgIpc) is 3.13. The minimum absolute atomic E-state index is 0.0656. The Hall–Kier alpha value is -4.62. The van der Waals surface area contributed by atoms with E-state index in [-0.39, 0.29) is 18.0 Å². The molecule has 0 saturated carbocycles. The smallest absolute Gasteiger partial charge is 0.171 e. The largest absolute Gasteiger partial charge is 0.457 e. The summed E-state index contributed by atoms with van der Waals surface area (Å²) in [5.41, 5.74) is 2.71. The Bertz CT molecular complexity index is 1410. The highest BCUT2D eigenvalue weighted by Gasteiger charge is 2.27. The summed E-state index contributed by atoms with van der Waals surface area (Å²) in [7, 11) is 0. The van der Waals surface area contributed by atoms with E-state index in [0.717, 1.165) is 11.1 Å². The van der Waals surface area contributed by atoms with Crippen LogP contribution in [0.2, 0.25) is 0 Å². The topological polar surface area (TPSA) is 52.6 Å². The Kier molecular flexibility index (Phi) is 5.45. The summed E-state index contributed by atoms with van der Waals surface area (Å²) in [5, 5.41) is 0. The second kappa shape index (κ2) is 8.86. The third kappa shape index (κ3) is 4.68. The summed E-state index contributed by atoms with van der Waals surface area (Å²) in [5.74, 6) is 8.44. The summed E-state index contributed by atoms with van der Waals surface area (Å²) in [4.78, 5) is 23.7. The van der Waals surface area contributed by atoms with Gasteiger partial charge in [0.2, 0.25) is 0 Å². The third-order valence-electron chi connectivity index (χ3n) is 5.17. The molecule has 1 aliphatic carbocycles. The fraction of sp³-hybridized carbons (Fsp3) is 0.0345. The average molecular weight is 430 g/mol. The summed E-state index contributed by atoms with van der Waals surface area (Å²) >= 11 is 0. The van der Waals surface area contributed by atoms with Crippen LogP contribution >= 0.6 is 0 Å². The van der Waals surface area contributed by atoms with Gasteiger partial charge in [-0.25, -0.2) is 0 Å². The highest BCUT2D eigenvalue weighted by atomic mass is 16.5. The summed E-state index contributed by atoms with van der Waals surface area (Å²) in [6, 6.07) is 29.6. The van der Waals surface area contributed by atoms with Gasteiger partial charge in [-0.1, -0.05) is 36.1 Å². The van der Waals surface area contributed by atoms with E-state index in [2.05, 4.69) is 11.8 Å². The number of ether oxygens (including phenoxy) is 2. The van der Waals surface area contributed by atoms with Crippen LogP contribution in [0.1, 0.15) is 38.3 Å². The van der Waals surface area contributed by atoms with E-state index < -0.39 is 0 Å². The lowest BCUT2D eigenvalue weighted by atomic mass is 10.1. The van der Waals surface area contributed by atoms with Crippen LogP contribution in [-0.2, 0) is 0 Å². The number of carbonyl (C=O) groups is 2. The van der Waals surface area contributed by atoms with E-state index in [1.54, 1.807) is 42.5 Å². The maximum absolute atomic E-state index is 11.9. The van der Waals surface area contributed by atoms with Crippen LogP contribution in [0.15, 0.2) is 97.1 Å². The molecule has 4 heteroatoms. The van der Waals surface area contributed by atoms with Crippen LogP contribution in [0.5, 0.6) is 23.0 Å². The van der Waals surface area contributed by atoms with Gasteiger partial charge in [0, 0.05) is 22.3 Å². The molecule has 0 radical (unpaired) electrons. The van der Waals surface area contributed by atoms with Crippen molar-refractivity contribution in [2.45, 2.75) is 6.42 Å². The first-order chi connectivity index (χ1) is 16.1. The van der Waals surface area contributed by atoms with Gasteiger partial charge in [-0.05, 0) is 72.8 Å². The molecule has 0 aromatic heterocycles. The van der Waals surface area contributed by atoms with Crippen LogP contribution < -0.4 is 9.47 Å². The van der Waals surface area contributed by atoms with E-state index in [1.165, 1.54) is 0 Å². The molecule has 33 heavy (non-hydrogen) atoms. The van der Waals surface area contributed by atoms with Gasteiger partial charge in [-0.15, -0.1) is 0 Å². The van der Waals surface area contributed by atoms with Crippen molar-refractivity contribution in [2.24, 2.45) is 0 Å². The number of carbonyl (C=O) groups excluding carboxylic acids is 2. The van der Waals surface area contributed by atoms with Crippen LogP contribution in [0, 0.1) is 11.8 Å². The van der Waals surface area contributed by atoms with Crippen molar-refractivity contribution in [3.8, 4) is 34.8 Å². The Morgan fingerprint density at radius 1 is 0.515 bits per heavy atom. The van der Waals surface area contributed by atoms with Gasteiger partial charge in [0.25, 0.3) is 0 Å². The van der Waals surface area contributed by atoms with Crippen LogP contribution in [0.4, 0.5) is 0 Å². The van der Waals surface area contributed by atoms with Gasteiger partial charge in [0.05, 0.1) is 6.42 Å². The molecule has 0 unspecified atom stereocenters. The Labute approximate surface area is 191 Å². The maximum atomic E-state index is 11.9. The first-order valence-corrected chi connectivity index (χ1v) is 10.5. The molecular weight excluding hydrogens is 412 g/mol. The molecule has 5 rings (SSSR count). The number of hydrogen-bond donors (Lipinski definition) is 0. The van der Waals surface area contributed by atoms with E-state index in [9.17, 15) is 9.59 Å². The molecule has 0 aliphatic heterocycles. The summed E-state index contributed by atoms with van der Waals surface area (Å²) in [6.07, 6.45) is -0.0656. The van der Waals surface area contributed by atoms with Crippen molar-refractivity contribution < 1.29 is 19.1 Å². The molecule has 4 aromatic rings. The van der Waals surface area contributed by atoms with Crippen molar-refractivity contribution in [1.29, 1.82) is 0 Å². The predicted octanol–water partition coefficient (Wildman–Crippen LogP) is 6.44. The Morgan fingerprint density at radius 2 is 1.09 bits per heavy atom. The van der Waals surface area contributed by atoms with Crippen molar-refractivity contribution >= 4 is 11.6 Å². The monoisotopic (exact) mass is 430 g/mol. The van der Waals surface area contributed by atoms with E-state index >= 15 is 0 Å².